The number of benzene rings is 1. The molecule has 1 aromatic rings. The molecule has 0 aliphatic rings. The van der Waals surface area contributed by atoms with E-state index in [0.29, 0.717) is 6.04 Å². The first-order chi connectivity index (χ1) is 9.76. The van der Waals surface area contributed by atoms with Crippen molar-refractivity contribution < 1.29 is 9.47 Å². The highest BCUT2D eigenvalue weighted by Gasteiger charge is 2.16. The number of hydrogen-bond acceptors (Lipinski definition) is 3. The number of ether oxygens (including phenoxy) is 2. The van der Waals surface area contributed by atoms with Crippen LogP contribution in [0.3, 0.4) is 0 Å². The maximum absolute atomic E-state index is 5.50. The van der Waals surface area contributed by atoms with Crippen LogP contribution < -0.4 is 14.8 Å². The molecule has 114 valence electrons. The average molecular weight is 279 g/mol. The first kappa shape index (κ1) is 16.8. The molecular formula is C17H29NO2. The second kappa shape index (κ2) is 9.65. The molecule has 0 aliphatic carbocycles. The van der Waals surface area contributed by atoms with Gasteiger partial charge in [0.05, 0.1) is 14.2 Å². The van der Waals surface area contributed by atoms with Gasteiger partial charge in [0.2, 0.25) is 0 Å². The molecule has 0 saturated heterocycles. The Bertz CT molecular complexity index is 379. The van der Waals surface area contributed by atoms with E-state index in [1.807, 2.05) is 12.1 Å². The Morgan fingerprint density at radius 1 is 1.05 bits per heavy atom. The third-order valence-electron chi connectivity index (χ3n) is 3.61. The Morgan fingerprint density at radius 3 is 2.45 bits per heavy atom. The quantitative estimate of drug-likeness (QED) is 0.647. The van der Waals surface area contributed by atoms with Crippen molar-refractivity contribution >= 4 is 0 Å². The first-order valence-corrected chi connectivity index (χ1v) is 7.72. The molecule has 0 saturated carbocycles. The highest BCUT2D eigenvalue weighted by atomic mass is 16.5. The van der Waals surface area contributed by atoms with Gasteiger partial charge in [-0.1, -0.05) is 39.5 Å². The minimum atomic E-state index is 0.335. The van der Waals surface area contributed by atoms with E-state index in [1.54, 1.807) is 14.2 Å². The number of rotatable bonds is 10. The lowest BCUT2D eigenvalue weighted by Crippen LogP contribution is -2.21. The molecule has 1 atom stereocenters. The molecule has 1 unspecified atom stereocenters. The van der Waals surface area contributed by atoms with Crippen molar-refractivity contribution in [3.05, 3.63) is 23.8 Å². The van der Waals surface area contributed by atoms with E-state index in [1.165, 1.54) is 31.2 Å². The van der Waals surface area contributed by atoms with Crippen LogP contribution in [-0.2, 0) is 0 Å². The topological polar surface area (TPSA) is 30.5 Å². The average Bonchev–Trinajstić information content (AvgIpc) is 2.49. The monoisotopic (exact) mass is 279 g/mol. The SMILES string of the molecule is CCCCCCC(NCC)c1cc(OC)ccc1OC. The normalized spacial score (nSPS) is 12.2. The smallest absolute Gasteiger partial charge is 0.123 e. The van der Waals surface area contributed by atoms with E-state index in [9.17, 15) is 0 Å². The third kappa shape index (κ3) is 5.04. The van der Waals surface area contributed by atoms with Gasteiger partial charge in [-0.3, -0.25) is 0 Å². The maximum Gasteiger partial charge on any atom is 0.123 e. The minimum absolute atomic E-state index is 0.335. The molecule has 1 aromatic carbocycles. The summed E-state index contributed by atoms with van der Waals surface area (Å²) >= 11 is 0. The van der Waals surface area contributed by atoms with Gasteiger partial charge in [-0.25, -0.2) is 0 Å². The summed E-state index contributed by atoms with van der Waals surface area (Å²) in [5.74, 6) is 1.82. The Morgan fingerprint density at radius 2 is 1.85 bits per heavy atom. The molecule has 1 N–H and O–H groups in total. The zero-order valence-corrected chi connectivity index (χ0v) is 13.4. The zero-order chi connectivity index (χ0) is 14.8. The standard InChI is InChI=1S/C17H29NO2/c1-5-7-8-9-10-16(18-6-2)15-13-14(19-3)11-12-17(15)20-4/h11-13,16,18H,5-10H2,1-4H3. The predicted octanol–water partition coefficient (Wildman–Crippen LogP) is 4.32. The Balaban J connectivity index is 2.82. The summed E-state index contributed by atoms with van der Waals surface area (Å²) < 4.78 is 10.8. The van der Waals surface area contributed by atoms with E-state index >= 15 is 0 Å². The molecule has 0 amide bonds. The maximum atomic E-state index is 5.50. The van der Waals surface area contributed by atoms with Crippen molar-refractivity contribution in [1.29, 1.82) is 0 Å². The van der Waals surface area contributed by atoms with Gasteiger partial charge < -0.3 is 14.8 Å². The van der Waals surface area contributed by atoms with Gasteiger partial charge >= 0.3 is 0 Å². The van der Waals surface area contributed by atoms with E-state index in [0.717, 1.165) is 24.5 Å². The Kier molecular flexibility index (Phi) is 8.12. The third-order valence-corrected chi connectivity index (χ3v) is 3.61. The first-order valence-electron chi connectivity index (χ1n) is 7.72. The lowest BCUT2D eigenvalue weighted by atomic mass is 9.98. The van der Waals surface area contributed by atoms with Crippen LogP contribution in [0.5, 0.6) is 11.5 Å². The molecule has 20 heavy (non-hydrogen) atoms. The van der Waals surface area contributed by atoms with Crippen LogP contribution in [0.4, 0.5) is 0 Å². The van der Waals surface area contributed by atoms with Gasteiger partial charge in [0.1, 0.15) is 11.5 Å². The Hall–Kier alpha value is -1.22. The number of methoxy groups -OCH3 is 2. The van der Waals surface area contributed by atoms with Crippen LogP contribution in [0.1, 0.15) is 57.6 Å². The highest BCUT2D eigenvalue weighted by Crippen LogP contribution is 2.32. The molecule has 0 aliphatic heterocycles. The molecule has 0 heterocycles. The van der Waals surface area contributed by atoms with Crippen molar-refractivity contribution in [3.8, 4) is 11.5 Å². The molecule has 1 rings (SSSR count). The van der Waals surface area contributed by atoms with Gasteiger partial charge in [-0.05, 0) is 31.2 Å². The van der Waals surface area contributed by atoms with Crippen LogP contribution in [0, 0.1) is 0 Å². The summed E-state index contributed by atoms with van der Waals surface area (Å²) in [4.78, 5) is 0. The molecule has 0 bridgehead atoms. The van der Waals surface area contributed by atoms with Crippen LogP contribution in [0.15, 0.2) is 18.2 Å². The summed E-state index contributed by atoms with van der Waals surface area (Å²) in [5.41, 5.74) is 1.20. The van der Waals surface area contributed by atoms with Crippen LogP contribution in [0.2, 0.25) is 0 Å². The summed E-state index contributed by atoms with van der Waals surface area (Å²) in [5, 5.41) is 3.57. The number of nitrogens with one attached hydrogen (secondary N) is 1. The molecule has 0 fully saturated rings. The van der Waals surface area contributed by atoms with Crippen molar-refractivity contribution in [2.75, 3.05) is 20.8 Å². The summed E-state index contributed by atoms with van der Waals surface area (Å²) in [7, 11) is 3.43. The molecule has 0 aromatic heterocycles. The van der Waals surface area contributed by atoms with Crippen molar-refractivity contribution in [2.45, 2.75) is 52.0 Å². The molecule has 0 spiro atoms. The van der Waals surface area contributed by atoms with E-state index in [4.69, 9.17) is 9.47 Å². The van der Waals surface area contributed by atoms with Gasteiger partial charge in [0.15, 0.2) is 0 Å². The van der Waals surface area contributed by atoms with Crippen LogP contribution in [-0.4, -0.2) is 20.8 Å². The molecule has 3 nitrogen and oxygen atoms in total. The van der Waals surface area contributed by atoms with E-state index in [2.05, 4.69) is 25.2 Å². The predicted molar refractivity (Wildman–Crippen MR) is 84.7 cm³/mol. The second-order valence-corrected chi connectivity index (χ2v) is 5.07. The fraction of sp³-hybridized carbons (Fsp3) is 0.647. The Labute approximate surface area is 123 Å². The zero-order valence-electron chi connectivity index (χ0n) is 13.4. The second-order valence-electron chi connectivity index (χ2n) is 5.07. The molecule has 0 radical (unpaired) electrons. The van der Waals surface area contributed by atoms with Gasteiger partial charge in [-0.2, -0.15) is 0 Å². The largest absolute Gasteiger partial charge is 0.497 e. The molecular weight excluding hydrogens is 250 g/mol. The highest BCUT2D eigenvalue weighted by molar-refractivity contribution is 5.42. The lowest BCUT2D eigenvalue weighted by Gasteiger charge is -2.21. The summed E-state index contributed by atoms with van der Waals surface area (Å²) in [6, 6.07) is 6.36. The van der Waals surface area contributed by atoms with Gasteiger partial charge in [0, 0.05) is 11.6 Å². The molecule has 3 heteroatoms. The fourth-order valence-corrected chi connectivity index (χ4v) is 2.50. The van der Waals surface area contributed by atoms with E-state index in [-0.39, 0.29) is 0 Å². The van der Waals surface area contributed by atoms with Crippen molar-refractivity contribution in [3.63, 3.8) is 0 Å². The summed E-state index contributed by atoms with van der Waals surface area (Å²) in [6.45, 7) is 5.34. The van der Waals surface area contributed by atoms with Crippen molar-refractivity contribution in [1.82, 2.24) is 5.32 Å². The van der Waals surface area contributed by atoms with Crippen molar-refractivity contribution in [2.24, 2.45) is 0 Å². The number of unbranched alkanes of at least 4 members (excludes halogenated alkanes) is 3. The van der Waals surface area contributed by atoms with E-state index < -0.39 is 0 Å². The summed E-state index contributed by atoms with van der Waals surface area (Å²) in [6.07, 6.45) is 6.26. The lowest BCUT2D eigenvalue weighted by molar-refractivity contribution is 0.384. The van der Waals surface area contributed by atoms with Crippen LogP contribution >= 0.6 is 0 Å². The van der Waals surface area contributed by atoms with Gasteiger partial charge in [0.25, 0.3) is 0 Å². The van der Waals surface area contributed by atoms with Crippen LogP contribution in [0.25, 0.3) is 0 Å². The minimum Gasteiger partial charge on any atom is -0.497 e. The van der Waals surface area contributed by atoms with Gasteiger partial charge in [-0.15, -0.1) is 0 Å². The fourth-order valence-electron chi connectivity index (χ4n) is 2.50. The number of hydrogen-bond donors (Lipinski definition) is 1.